The van der Waals surface area contributed by atoms with Gasteiger partial charge in [0.15, 0.2) is 0 Å². The van der Waals surface area contributed by atoms with Gasteiger partial charge in [0.05, 0.1) is 12.1 Å². The molecule has 0 aliphatic rings. The fourth-order valence-electron chi connectivity index (χ4n) is 2.23. The summed E-state index contributed by atoms with van der Waals surface area (Å²) in [6, 6.07) is 9.84. The minimum absolute atomic E-state index is 0.0585. The molecule has 0 saturated heterocycles. The number of carbonyl (C=O) groups is 1. The molecule has 0 spiro atoms. The number of amides is 1. The lowest BCUT2D eigenvalue weighted by molar-refractivity contribution is 0.0947. The van der Waals surface area contributed by atoms with E-state index in [1.807, 2.05) is 29.6 Å². The van der Waals surface area contributed by atoms with Crippen molar-refractivity contribution in [1.29, 1.82) is 0 Å². The molecular weight excluding hydrogens is 356 g/mol. The molecule has 3 heterocycles. The number of carbonyl (C=O) groups excluding carboxylic acids is 1. The third kappa shape index (κ3) is 4.93. The van der Waals surface area contributed by atoms with Crippen molar-refractivity contribution in [2.75, 3.05) is 5.75 Å². The van der Waals surface area contributed by atoms with Crippen LogP contribution in [0.2, 0.25) is 0 Å². The van der Waals surface area contributed by atoms with E-state index in [-0.39, 0.29) is 5.91 Å². The first-order valence-corrected chi connectivity index (χ1v) is 10.5. The van der Waals surface area contributed by atoms with Gasteiger partial charge in [-0.25, -0.2) is 4.98 Å². The molecule has 6 heteroatoms. The van der Waals surface area contributed by atoms with E-state index in [2.05, 4.69) is 27.1 Å². The number of nitrogens with one attached hydrogen (secondary N) is 1. The monoisotopic (exact) mass is 374 g/mol. The Morgan fingerprint density at radius 1 is 1.21 bits per heavy atom. The molecule has 0 aromatic carbocycles. The summed E-state index contributed by atoms with van der Waals surface area (Å²) in [4.78, 5) is 18.0. The maximum atomic E-state index is 12.4. The Kier molecular flexibility index (Phi) is 6.46. The van der Waals surface area contributed by atoms with Crippen molar-refractivity contribution in [1.82, 2.24) is 10.3 Å². The van der Waals surface area contributed by atoms with Crippen LogP contribution in [0.5, 0.6) is 0 Å². The predicted molar refractivity (Wildman–Crippen MR) is 103 cm³/mol. The fourth-order valence-corrected chi connectivity index (χ4v) is 4.52. The largest absolute Gasteiger partial charge is 0.347 e. The number of aromatic nitrogens is 1. The highest BCUT2D eigenvalue weighted by Crippen LogP contribution is 2.22. The van der Waals surface area contributed by atoms with Gasteiger partial charge in [-0.15, -0.1) is 23.1 Å². The molecule has 124 valence electrons. The average molecular weight is 375 g/mol. The first kappa shape index (κ1) is 17.2. The number of aryl methyl sites for hydroxylation is 1. The van der Waals surface area contributed by atoms with Crippen LogP contribution < -0.4 is 5.32 Å². The van der Waals surface area contributed by atoms with E-state index in [9.17, 15) is 4.79 Å². The van der Waals surface area contributed by atoms with Crippen LogP contribution in [0.25, 0.3) is 0 Å². The Balaban J connectivity index is 1.52. The van der Waals surface area contributed by atoms with Gasteiger partial charge in [-0.3, -0.25) is 4.79 Å². The summed E-state index contributed by atoms with van der Waals surface area (Å²) < 4.78 is 0. The van der Waals surface area contributed by atoms with Gasteiger partial charge in [-0.05, 0) is 64.6 Å². The standard InChI is InChI=1S/C18H18N2OS3/c21-17(20-12-15-5-3-9-23-15)16-6-1-8-19-18(16)24-10-2-4-14-7-11-22-13-14/h1,3,5-9,11,13H,2,4,10,12H2,(H,20,21). The molecule has 0 fully saturated rings. The van der Waals surface area contributed by atoms with E-state index in [1.165, 1.54) is 5.56 Å². The van der Waals surface area contributed by atoms with Crippen molar-refractivity contribution in [3.63, 3.8) is 0 Å². The molecule has 0 unspecified atom stereocenters. The zero-order valence-corrected chi connectivity index (χ0v) is 15.6. The van der Waals surface area contributed by atoms with Crippen LogP contribution in [0.15, 0.2) is 57.7 Å². The van der Waals surface area contributed by atoms with Gasteiger partial charge in [0.2, 0.25) is 0 Å². The van der Waals surface area contributed by atoms with Gasteiger partial charge in [0, 0.05) is 11.1 Å². The second-order valence-electron chi connectivity index (χ2n) is 5.20. The highest BCUT2D eigenvalue weighted by molar-refractivity contribution is 7.99. The zero-order valence-electron chi connectivity index (χ0n) is 13.1. The lowest BCUT2D eigenvalue weighted by atomic mass is 10.2. The van der Waals surface area contributed by atoms with E-state index in [0.717, 1.165) is 28.5 Å². The summed E-state index contributed by atoms with van der Waals surface area (Å²) in [5, 5.41) is 10.1. The highest BCUT2D eigenvalue weighted by atomic mass is 32.2. The summed E-state index contributed by atoms with van der Waals surface area (Å²) in [7, 11) is 0. The number of thioether (sulfide) groups is 1. The molecule has 0 atom stereocenters. The summed E-state index contributed by atoms with van der Waals surface area (Å²) in [5.41, 5.74) is 2.05. The number of pyridine rings is 1. The molecule has 3 rings (SSSR count). The van der Waals surface area contributed by atoms with E-state index < -0.39 is 0 Å². The Bertz CT molecular complexity index is 754. The Labute approximate surface area is 154 Å². The summed E-state index contributed by atoms with van der Waals surface area (Å²) in [6.45, 7) is 0.563. The SMILES string of the molecule is O=C(NCc1cccs1)c1cccnc1SCCCc1ccsc1. The minimum Gasteiger partial charge on any atom is -0.347 e. The summed E-state index contributed by atoms with van der Waals surface area (Å²) in [6.07, 6.45) is 3.90. The Morgan fingerprint density at radius 2 is 2.17 bits per heavy atom. The molecule has 0 aliphatic heterocycles. The zero-order chi connectivity index (χ0) is 16.6. The normalized spacial score (nSPS) is 10.7. The van der Waals surface area contributed by atoms with E-state index in [0.29, 0.717) is 12.1 Å². The van der Waals surface area contributed by atoms with Gasteiger partial charge >= 0.3 is 0 Å². The van der Waals surface area contributed by atoms with Crippen LogP contribution in [0.3, 0.4) is 0 Å². The smallest absolute Gasteiger partial charge is 0.254 e. The molecule has 0 saturated carbocycles. The van der Waals surface area contributed by atoms with Gasteiger partial charge in [-0.2, -0.15) is 11.3 Å². The molecule has 3 aromatic heterocycles. The number of nitrogens with zero attached hydrogens (tertiary/aromatic N) is 1. The van der Waals surface area contributed by atoms with Gasteiger partial charge in [-0.1, -0.05) is 6.07 Å². The topological polar surface area (TPSA) is 42.0 Å². The first-order valence-electron chi connectivity index (χ1n) is 7.72. The van der Waals surface area contributed by atoms with Crippen molar-refractivity contribution in [2.24, 2.45) is 0 Å². The van der Waals surface area contributed by atoms with Crippen molar-refractivity contribution in [3.8, 4) is 0 Å². The van der Waals surface area contributed by atoms with Gasteiger partial charge < -0.3 is 5.32 Å². The summed E-state index contributed by atoms with van der Waals surface area (Å²) >= 11 is 5.03. The maximum Gasteiger partial charge on any atom is 0.254 e. The third-order valence-electron chi connectivity index (χ3n) is 3.45. The molecule has 3 nitrogen and oxygen atoms in total. The van der Waals surface area contributed by atoms with E-state index >= 15 is 0 Å². The molecular formula is C18H18N2OS3. The number of rotatable bonds is 8. The number of thiophene rings is 2. The van der Waals surface area contributed by atoms with Crippen molar-refractivity contribution in [2.45, 2.75) is 24.4 Å². The average Bonchev–Trinajstić information content (AvgIpc) is 3.30. The fraction of sp³-hybridized carbons (Fsp3) is 0.222. The lowest BCUT2D eigenvalue weighted by Gasteiger charge is -2.08. The number of hydrogen-bond donors (Lipinski definition) is 1. The second kappa shape index (κ2) is 9.01. The molecule has 1 amide bonds. The van der Waals surface area contributed by atoms with Crippen LogP contribution >= 0.6 is 34.4 Å². The van der Waals surface area contributed by atoms with Crippen LogP contribution in [0, 0.1) is 0 Å². The summed E-state index contributed by atoms with van der Waals surface area (Å²) in [5.74, 6) is 0.898. The Morgan fingerprint density at radius 3 is 2.96 bits per heavy atom. The van der Waals surface area contributed by atoms with Crippen molar-refractivity contribution < 1.29 is 4.79 Å². The van der Waals surface area contributed by atoms with Crippen molar-refractivity contribution in [3.05, 3.63) is 68.7 Å². The van der Waals surface area contributed by atoms with Crippen LogP contribution in [0.4, 0.5) is 0 Å². The quantitative estimate of drug-likeness (QED) is 0.452. The molecule has 0 bridgehead atoms. The van der Waals surface area contributed by atoms with Crippen LogP contribution in [-0.2, 0) is 13.0 Å². The molecule has 1 N–H and O–H groups in total. The maximum absolute atomic E-state index is 12.4. The van der Waals surface area contributed by atoms with Gasteiger partial charge in [0.1, 0.15) is 5.03 Å². The molecule has 24 heavy (non-hydrogen) atoms. The van der Waals surface area contributed by atoms with Crippen LogP contribution in [-0.4, -0.2) is 16.6 Å². The minimum atomic E-state index is -0.0585. The van der Waals surface area contributed by atoms with Crippen LogP contribution in [0.1, 0.15) is 27.2 Å². The third-order valence-corrected chi connectivity index (χ3v) is 6.15. The highest BCUT2D eigenvalue weighted by Gasteiger charge is 2.12. The van der Waals surface area contributed by atoms with Crippen molar-refractivity contribution >= 4 is 40.3 Å². The molecule has 3 aromatic rings. The second-order valence-corrected chi connectivity index (χ2v) is 8.10. The van der Waals surface area contributed by atoms with E-state index in [1.54, 1.807) is 40.6 Å². The molecule has 0 aliphatic carbocycles. The van der Waals surface area contributed by atoms with Gasteiger partial charge in [0.25, 0.3) is 5.91 Å². The first-order chi connectivity index (χ1) is 11.8. The Hall–Kier alpha value is -1.63. The predicted octanol–water partition coefficient (Wildman–Crippen LogP) is 4.86. The number of hydrogen-bond acceptors (Lipinski definition) is 5. The van der Waals surface area contributed by atoms with E-state index in [4.69, 9.17) is 0 Å². The lowest BCUT2D eigenvalue weighted by Crippen LogP contribution is -2.23. The molecule has 0 radical (unpaired) electrons.